The molecular weight excluding hydrogens is 743 g/mol. The summed E-state index contributed by atoms with van der Waals surface area (Å²) in [5.74, 6) is 3.10. The molecule has 1 unspecified atom stereocenters. The van der Waals surface area contributed by atoms with Gasteiger partial charge in [0.05, 0.1) is 0 Å². The van der Waals surface area contributed by atoms with E-state index in [2.05, 4.69) is 108 Å². The summed E-state index contributed by atoms with van der Waals surface area (Å²) in [7, 11) is 5.91. The number of fused-ring (bicyclic) bond motifs is 1. The van der Waals surface area contributed by atoms with E-state index in [0.29, 0.717) is 42.7 Å². The molecule has 3 aromatic rings. The zero-order valence-corrected chi connectivity index (χ0v) is 35.1. The van der Waals surface area contributed by atoms with Gasteiger partial charge in [-0.3, -0.25) is 0 Å². The Labute approximate surface area is 320 Å². The van der Waals surface area contributed by atoms with Crippen LogP contribution in [0.2, 0.25) is 0 Å². The molecule has 281 valence electrons. The third-order valence-corrected chi connectivity index (χ3v) is 10.7. The van der Waals surface area contributed by atoms with Gasteiger partial charge in [0.25, 0.3) is 0 Å². The van der Waals surface area contributed by atoms with Crippen LogP contribution in [0.25, 0.3) is 0 Å². The van der Waals surface area contributed by atoms with Crippen LogP contribution in [0.4, 0.5) is 21.9 Å². The summed E-state index contributed by atoms with van der Waals surface area (Å²) in [6, 6.07) is 19.5. The third kappa shape index (κ3) is 9.96. The Hall–Kier alpha value is -2.89. The molecule has 2 aliphatic rings. The molecular formula is C43H60ClN3O3Ru-. The number of carbonyl (C=O) groups is 1. The molecule has 51 heavy (non-hydrogen) atoms. The van der Waals surface area contributed by atoms with Crippen LogP contribution >= 0.6 is 9.69 Å². The molecule has 0 bridgehead atoms. The summed E-state index contributed by atoms with van der Waals surface area (Å²) in [5.41, 5.74) is 10.4. The van der Waals surface area contributed by atoms with Crippen LogP contribution in [0.5, 0.6) is 5.75 Å². The Balaban J connectivity index is 0.000000238. The van der Waals surface area contributed by atoms with Crippen molar-refractivity contribution in [1.29, 1.82) is 0 Å². The number of halogens is 1. The van der Waals surface area contributed by atoms with Crippen LogP contribution in [-0.4, -0.2) is 43.0 Å². The number of carbonyl (C=O) groups excluding carboxylic acids is 1. The molecule has 3 aromatic carbocycles. The van der Waals surface area contributed by atoms with Crippen molar-refractivity contribution >= 4 is 37.5 Å². The molecule has 0 N–H and O–H groups in total. The molecule has 2 aliphatic heterocycles. The number of para-hydroxylation sites is 3. The van der Waals surface area contributed by atoms with Crippen LogP contribution < -0.4 is 19.4 Å². The molecule has 1 saturated heterocycles. The molecule has 1 fully saturated rings. The third-order valence-electron chi connectivity index (χ3n) is 9.47. The van der Waals surface area contributed by atoms with Crippen molar-refractivity contribution in [3.05, 3.63) is 89.1 Å². The SMILES string of the molecule is CC(C)c1cccc(C(C)C)c1N1[CH-]N(c2c(C(C)C)cccc2C(C)C)CC1.CCC1CN(C(=O)OCC(C)C)c2cccc([CH]=[Ru][Cl])c2O1. The van der Waals surface area contributed by atoms with Gasteiger partial charge in [-0.25, -0.2) is 0 Å². The van der Waals surface area contributed by atoms with E-state index in [4.69, 9.17) is 19.2 Å². The average molecular weight is 803 g/mol. The van der Waals surface area contributed by atoms with E-state index in [9.17, 15) is 4.79 Å². The molecule has 6 nitrogen and oxygen atoms in total. The fraction of sp³-hybridized carbons (Fsp3) is 0.512. The van der Waals surface area contributed by atoms with Gasteiger partial charge in [0.2, 0.25) is 0 Å². The number of rotatable bonds is 10. The van der Waals surface area contributed by atoms with Gasteiger partial charge in [-0.2, -0.15) is 6.67 Å². The van der Waals surface area contributed by atoms with Crippen LogP contribution in [-0.2, 0) is 20.4 Å². The van der Waals surface area contributed by atoms with E-state index in [1.807, 2.05) is 43.6 Å². The van der Waals surface area contributed by atoms with Crippen molar-refractivity contribution in [1.82, 2.24) is 0 Å². The van der Waals surface area contributed by atoms with Crippen LogP contribution in [0.1, 0.15) is 134 Å². The maximum atomic E-state index is 12.4. The molecule has 1 amide bonds. The van der Waals surface area contributed by atoms with E-state index < -0.39 is 0 Å². The number of benzene rings is 3. The van der Waals surface area contributed by atoms with Crippen molar-refractivity contribution in [2.75, 3.05) is 40.9 Å². The second kappa shape index (κ2) is 18.7. The van der Waals surface area contributed by atoms with Gasteiger partial charge in [0.15, 0.2) is 0 Å². The van der Waals surface area contributed by atoms with Crippen LogP contribution in [0.15, 0.2) is 54.6 Å². The van der Waals surface area contributed by atoms with E-state index in [-0.39, 0.29) is 27.9 Å². The summed E-state index contributed by atoms with van der Waals surface area (Å²) >= 11 is -0.354. The van der Waals surface area contributed by atoms with Gasteiger partial charge in [0, 0.05) is 24.5 Å². The first-order chi connectivity index (χ1) is 24.3. The number of hydrogen-bond donors (Lipinski definition) is 0. The predicted octanol–water partition coefficient (Wildman–Crippen LogP) is 11.5. The first-order valence-electron chi connectivity index (χ1n) is 18.7. The number of anilines is 3. The minimum absolute atomic E-state index is 0.0280. The molecule has 0 saturated carbocycles. The fourth-order valence-corrected chi connectivity index (χ4v) is 7.83. The van der Waals surface area contributed by atoms with Crippen molar-refractivity contribution < 1.29 is 30.0 Å². The second-order valence-corrected chi connectivity index (χ2v) is 17.1. The van der Waals surface area contributed by atoms with Crippen molar-refractivity contribution in [2.45, 2.75) is 112 Å². The Morgan fingerprint density at radius 3 is 1.71 bits per heavy atom. The van der Waals surface area contributed by atoms with Crippen LogP contribution in [0, 0.1) is 12.6 Å². The first-order valence-corrected chi connectivity index (χ1v) is 22.0. The van der Waals surface area contributed by atoms with Crippen molar-refractivity contribution in [3.8, 4) is 5.75 Å². The van der Waals surface area contributed by atoms with Gasteiger partial charge in [0.1, 0.15) is 0 Å². The van der Waals surface area contributed by atoms with Crippen molar-refractivity contribution in [2.24, 2.45) is 5.92 Å². The normalized spacial score (nSPS) is 16.2. The minimum atomic E-state index is -0.354. The van der Waals surface area contributed by atoms with Crippen LogP contribution in [0.3, 0.4) is 0 Å². The monoisotopic (exact) mass is 803 g/mol. The Kier molecular flexibility index (Phi) is 15.0. The Morgan fingerprint density at radius 1 is 0.824 bits per heavy atom. The molecule has 0 aliphatic carbocycles. The summed E-state index contributed by atoms with van der Waals surface area (Å²) in [6.07, 6.45) is 0.489. The van der Waals surface area contributed by atoms with Gasteiger partial charge >= 0.3 is 143 Å². The Morgan fingerprint density at radius 2 is 1.29 bits per heavy atom. The summed E-state index contributed by atoms with van der Waals surface area (Å²) in [5, 5.41) is 0. The summed E-state index contributed by atoms with van der Waals surface area (Å²) in [4.78, 5) is 19.1. The molecule has 0 aromatic heterocycles. The zero-order valence-electron chi connectivity index (χ0n) is 32.6. The predicted molar refractivity (Wildman–Crippen MR) is 214 cm³/mol. The summed E-state index contributed by atoms with van der Waals surface area (Å²) < 4.78 is 13.4. The molecule has 0 radical (unpaired) electrons. The van der Waals surface area contributed by atoms with Crippen molar-refractivity contribution in [3.63, 3.8) is 0 Å². The topological polar surface area (TPSA) is 45.2 Å². The van der Waals surface area contributed by atoms with Gasteiger partial charge < -0.3 is 9.80 Å². The Bertz CT molecular complexity index is 1510. The average Bonchev–Trinajstić information content (AvgIpc) is 3.59. The number of hydrogen-bond acceptors (Lipinski definition) is 5. The number of nitrogens with zero attached hydrogens (tertiary/aromatic N) is 3. The fourth-order valence-electron chi connectivity index (χ4n) is 6.74. The quantitative estimate of drug-likeness (QED) is 0.151. The van der Waals surface area contributed by atoms with E-state index in [1.165, 1.54) is 33.6 Å². The zero-order chi connectivity index (χ0) is 37.4. The molecule has 1 atom stereocenters. The maximum absolute atomic E-state index is 12.4. The molecule has 5 rings (SSSR count). The van der Waals surface area contributed by atoms with E-state index in [1.54, 1.807) is 4.90 Å². The second-order valence-electron chi connectivity index (χ2n) is 15.3. The summed E-state index contributed by atoms with van der Waals surface area (Å²) in [6.45, 7) is 29.9. The van der Waals surface area contributed by atoms with E-state index in [0.717, 1.165) is 36.5 Å². The van der Waals surface area contributed by atoms with Gasteiger partial charge in [-0.15, -0.1) is 0 Å². The molecule has 0 spiro atoms. The van der Waals surface area contributed by atoms with Gasteiger partial charge in [-0.05, 0) is 45.9 Å². The standard InChI is InChI=1S/C27H39N2.C16H21NO3.ClH.Ru/c1-18(2)22-11-9-12-23(19(3)4)26(22)28-15-16-29(17-28)27-24(20(5)6)13-10-14-25(27)21(7)8;1-5-13-9-17(16(18)19-10-11(2)3)14-8-6-7-12(4)15(14)20-13;;/h9-14,17-21H,15-16H2,1-8H3;4,6-8,11,13H,5,9-10H2,1-3H3;1H;/q-1;;;+1/p-1. The van der Waals surface area contributed by atoms with E-state index >= 15 is 0 Å². The first kappa shape index (κ1) is 40.9. The molecule has 8 heteroatoms. The number of ether oxygens (including phenoxy) is 2. The van der Waals surface area contributed by atoms with Gasteiger partial charge in [-0.1, -0.05) is 91.8 Å². The number of amides is 1. The molecule has 2 heterocycles.